The van der Waals surface area contributed by atoms with Crippen LogP contribution >= 0.6 is 0 Å². The molecule has 2 rings (SSSR count). The van der Waals surface area contributed by atoms with Gasteiger partial charge in [0.2, 0.25) is 0 Å². The molecule has 4 heteroatoms. The third-order valence-electron chi connectivity index (χ3n) is 3.05. The van der Waals surface area contributed by atoms with Crippen molar-refractivity contribution in [2.75, 3.05) is 6.61 Å². The first-order chi connectivity index (χ1) is 10.8. The number of hydrogen-bond acceptors (Lipinski definition) is 4. The summed E-state index contributed by atoms with van der Waals surface area (Å²) in [6, 6.07) is 9.26. The number of ether oxygens (including phenoxy) is 1. The number of nitrogens with zero attached hydrogens (tertiary/aromatic N) is 3. The van der Waals surface area contributed by atoms with Crippen molar-refractivity contribution in [3.05, 3.63) is 42.2 Å². The zero-order chi connectivity index (χ0) is 15.6. The van der Waals surface area contributed by atoms with Crippen LogP contribution in [0.25, 0.3) is 11.4 Å². The Balaban J connectivity index is 1.99. The van der Waals surface area contributed by atoms with Crippen molar-refractivity contribution in [1.82, 2.24) is 9.97 Å². The maximum Gasteiger partial charge on any atom is 0.159 e. The van der Waals surface area contributed by atoms with Gasteiger partial charge in [0.15, 0.2) is 17.6 Å². The lowest BCUT2D eigenvalue weighted by Crippen LogP contribution is -1.98. The van der Waals surface area contributed by atoms with E-state index in [9.17, 15) is 0 Å². The van der Waals surface area contributed by atoms with Gasteiger partial charge in [-0.3, -0.25) is 0 Å². The van der Waals surface area contributed by atoms with E-state index in [2.05, 4.69) is 28.7 Å². The fourth-order valence-electron chi connectivity index (χ4n) is 1.88. The van der Waals surface area contributed by atoms with Gasteiger partial charge in [-0.15, -0.1) is 0 Å². The van der Waals surface area contributed by atoms with Crippen molar-refractivity contribution in [3.63, 3.8) is 0 Å². The van der Waals surface area contributed by atoms with Crippen LogP contribution in [-0.2, 0) is 0 Å². The molecular weight excluding hydrogens is 274 g/mol. The summed E-state index contributed by atoms with van der Waals surface area (Å²) < 4.78 is 5.59. The van der Waals surface area contributed by atoms with Gasteiger partial charge in [-0.2, -0.15) is 5.26 Å². The Morgan fingerprint density at radius 3 is 2.45 bits per heavy atom. The highest BCUT2D eigenvalue weighted by atomic mass is 16.5. The molecule has 0 N–H and O–H groups in total. The van der Waals surface area contributed by atoms with E-state index in [0.29, 0.717) is 18.2 Å². The zero-order valence-corrected chi connectivity index (χ0v) is 12.5. The molecule has 0 saturated carbocycles. The smallest absolute Gasteiger partial charge is 0.159 e. The molecule has 0 unspecified atom stereocenters. The average molecular weight is 291 g/mol. The molecule has 0 spiro atoms. The lowest BCUT2D eigenvalue weighted by molar-refractivity contribution is 0.304. The van der Waals surface area contributed by atoms with E-state index in [0.717, 1.165) is 17.5 Å². The Labute approximate surface area is 130 Å². The highest BCUT2D eigenvalue weighted by Gasteiger charge is 2.02. The number of benzene rings is 1. The molecule has 0 aliphatic rings. The lowest BCUT2D eigenvalue weighted by atomic mass is 10.1. The summed E-state index contributed by atoms with van der Waals surface area (Å²) in [6.45, 7) is 2.86. The molecule has 4 nitrogen and oxygen atoms in total. The second-order valence-electron chi connectivity index (χ2n) is 4.74. The Bertz CT molecular complexity index is 688. The Hall–Kier alpha value is -2.85. The largest absolute Gasteiger partial charge is 0.490 e. The van der Waals surface area contributed by atoms with Crippen molar-refractivity contribution < 1.29 is 4.74 Å². The van der Waals surface area contributed by atoms with Crippen molar-refractivity contribution in [2.24, 2.45) is 0 Å². The normalized spacial score (nSPS) is 9.45. The summed E-state index contributed by atoms with van der Waals surface area (Å²) in [6.07, 6.45) is 6.77. The third kappa shape index (κ3) is 4.61. The predicted octanol–water partition coefficient (Wildman–Crippen LogP) is 3.59. The summed E-state index contributed by atoms with van der Waals surface area (Å²) in [7, 11) is 0. The minimum Gasteiger partial charge on any atom is -0.490 e. The minimum absolute atomic E-state index is 0.640. The predicted molar refractivity (Wildman–Crippen MR) is 85.0 cm³/mol. The molecule has 2 aromatic rings. The van der Waals surface area contributed by atoms with Crippen LogP contribution in [0.5, 0.6) is 5.75 Å². The molecule has 1 aromatic carbocycles. The summed E-state index contributed by atoms with van der Waals surface area (Å²) in [5.74, 6) is 6.44. The van der Waals surface area contributed by atoms with Crippen LogP contribution < -0.4 is 4.74 Å². The van der Waals surface area contributed by atoms with Crippen LogP contribution in [0.3, 0.4) is 0 Å². The highest BCUT2D eigenvalue weighted by Crippen LogP contribution is 2.17. The molecule has 0 aliphatic carbocycles. The fraction of sp³-hybridized carbons (Fsp3) is 0.278. The van der Waals surface area contributed by atoms with E-state index in [4.69, 9.17) is 10.00 Å². The minimum atomic E-state index is 0.640. The van der Waals surface area contributed by atoms with Crippen LogP contribution in [0.15, 0.2) is 36.7 Å². The molecule has 0 amide bonds. The SMILES string of the molecule is CCCCCOc1cnc(-c2ccc(C#CC#N)cc2)nc1. The van der Waals surface area contributed by atoms with Crippen LogP contribution in [-0.4, -0.2) is 16.6 Å². The van der Waals surface area contributed by atoms with E-state index in [-0.39, 0.29) is 0 Å². The maximum absolute atomic E-state index is 8.42. The molecular formula is C18H17N3O. The van der Waals surface area contributed by atoms with Crippen LogP contribution in [0.2, 0.25) is 0 Å². The molecule has 0 radical (unpaired) electrons. The van der Waals surface area contributed by atoms with Crippen LogP contribution in [0, 0.1) is 23.2 Å². The lowest BCUT2D eigenvalue weighted by Gasteiger charge is -2.05. The van der Waals surface area contributed by atoms with E-state index in [1.54, 1.807) is 18.5 Å². The monoisotopic (exact) mass is 291 g/mol. The molecule has 22 heavy (non-hydrogen) atoms. The number of rotatable bonds is 6. The van der Waals surface area contributed by atoms with Gasteiger partial charge < -0.3 is 4.74 Å². The number of hydrogen-bond donors (Lipinski definition) is 0. The molecule has 110 valence electrons. The average Bonchev–Trinajstić information content (AvgIpc) is 2.58. The van der Waals surface area contributed by atoms with Crippen LogP contribution in [0.1, 0.15) is 31.7 Å². The van der Waals surface area contributed by atoms with Crippen molar-refractivity contribution >= 4 is 0 Å². The molecule has 0 saturated heterocycles. The highest BCUT2D eigenvalue weighted by molar-refractivity contribution is 5.57. The van der Waals surface area contributed by atoms with E-state index in [1.165, 1.54) is 12.8 Å². The number of unbranched alkanes of at least 4 members (excludes halogenated alkanes) is 2. The molecule has 1 aromatic heterocycles. The molecule has 0 bridgehead atoms. The first-order valence-corrected chi connectivity index (χ1v) is 7.29. The number of aromatic nitrogens is 2. The van der Waals surface area contributed by atoms with Gasteiger partial charge in [0.25, 0.3) is 0 Å². The van der Waals surface area contributed by atoms with Crippen LogP contribution in [0.4, 0.5) is 0 Å². The summed E-state index contributed by atoms with van der Waals surface area (Å²) >= 11 is 0. The fourth-order valence-corrected chi connectivity index (χ4v) is 1.88. The summed E-state index contributed by atoms with van der Waals surface area (Å²) in [5.41, 5.74) is 1.70. The zero-order valence-electron chi connectivity index (χ0n) is 12.5. The standard InChI is InChI=1S/C18H17N3O/c1-2-3-4-12-22-17-13-20-18(21-14-17)16-9-7-15(8-10-16)6-5-11-19/h7-10,13-14H,2-4,12H2,1H3. The summed E-state index contributed by atoms with van der Waals surface area (Å²) in [4.78, 5) is 8.63. The molecule has 0 atom stereocenters. The topological polar surface area (TPSA) is 58.8 Å². The maximum atomic E-state index is 8.42. The van der Waals surface area contributed by atoms with Gasteiger partial charge >= 0.3 is 0 Å². The van der Waals surface area contributed by atoms with Gasteiger partial charge in [-0.25, -0.2) is 9.97 Å². The quantitative estimate of drug-likeness (QED) is 0.603. The molecule has 0 aliphatic heterocycles. The Morgan fingerprint density at radius 2 is 1.82 bits per heavy atom. The van der Waals surface area contributed by atoms with Gasteiger partial charge in [-0.1, -0.05) is 25.7 Å². The van der Waals surface area contributed by atoms with Gasteiger partial charge in [0.05, 0.1) is 19.0 Å². The molecule has 0 fully saturated rings. The van der Waals surface area contributed by atoms with E-state index < -0.39 is 0 Å². The van der Waals surface area contributed by atoms with Crippen molar-refractivity contribution in [3.8, 4) is 35.0 Å². The van der Waals surface area contributed by atoms with Crippen molar-refractivity contribution in [2.45, 2.75) is 26.2 Å². The van der Waals surface area contributed by atoms with Gasteiger partial charge in [-0.05, 0) is 30.7 Å². The second-order valence-corrected chi connectivity index (χ2v) is 4.74. The molecule has 1 heterocycles. The van der Waals surface area contributed by atoms with E-state index >= 15 is 0 Å². The van der Waals surface area contributed by atoms with Crippen molar-refractivity contribution in [1.29, 1.82) is 5.26 Å². The summed E-state index contributed by atoms with van der Waals surface area (Å²) in [5, 5.41) is 8.42. The first-order valence-electron chi connectivity index (χ1n) is 7.29. The van der Waals surface area contributed by atoms with Gasteiger partial charge in [0, 0.05) is 17.0 Å². The van der Waals surface area contributed by atoms with Gasteiger partial charge in [0.1, 0.15) is 0 Å². The Morgan fingerprint density at radius 1 is 1.09 bits per heavy atom. The second kappa shape index (κ2) is 8.44. The number of nitriles is 1. The first kappa shape index (κ1) is 15.5. The Kier molecular flexibility index (Phi) is 5.96. The third-order valence-corrected chi connectivity index (χ3v) is 3.05. The van der Waals surface area contributed by atoms with E-state index in [1.807, 2.05) is 24.3 Å².